The first-order chi connectivity index (χ1) is 10.6. The number of ether oxygens (including phenoxy) is 1. The minimum atomic E-state index is -0.651. The first-order valence-corrected chi connectivity index (χ1v) is 7.55. The zero-order valence-corrected chi connectivity index (χ0v) is 13.0. The predicted molar refractivity (Wildman–Crippen MR) is 81.8 cm³/mol. The van der Waals surface area contributed by atoms with Crippen LogP contribution in [0.25, 0.3) is 0 Å². The number of nitrogens with zero attached hydrogens (tertiary/aromatic N) is 1. The van der Waals surface area contributed by atoms with Gasteiger partial charge in [-0.2, -0.15) is 0 Å². The van der Waals surface area contributed by atoms with Gasteiger partial charge in [0.2, 0.25) is 0 Å². The van der Waals surface area contributed by atoms with Crippen LogP contribution in [-0.4, -0.2) is 29.8 Å². The van der Waals surface area contributed by atoms with Gasteiger partial charge in [-0.25, -0.2) is 8.78 Å². The van der Waals surface area contributed by atoms with Crippen LogP contribution in [0, 0.1) is 16.4 Å². The van der Waals surface area contributed by atoms with E-state index in [1.54, 1.807) is 0 Å². The maximum absolute atomic E-state index is 13.7. The normalized spacial score (nSPS) is 17.1. The summed E-state index contributed by atoms with van der Waals surface area (Å²) in [5, 5.41) is 3.09. The molecule has 0 unspecified atom stereocenters. The smallest absolute Gasteiger partial charge is 0.177 e. The number of aromatic nitrogens is 2. The Morgan fingerprint density at radius 3 is 3.05 bits per heavy atom. The fourth-order valence-electron chi connectivity index (χ4n) is 2.85. The van der Waals surface area contributed by atoms with E-state index in [2.05, 4.69) is 10.3 Å². The number of nitrogens with one attached hydrogen (secondary N) is 2. The summed E-state index contributed by atoms with van der Waals surface area (Å²) in [5.74, 6) is -1.09. The fourth-order valence-corrected chi connectivity index (χ4v) is 3.17. The zero-order chi connectivity index (χ0) is 15.7. The molecule has 0 saturated carbocycles. The number of likely N-dealkylation sites (N-methyl/N-ethyl adjacent to an activating group) is 1. The average Bonchev–Trinajstić information content (AvgIpc) is 2.85. The lowest BCUT2D eigenvalue weighted by molar-refractivity contribution is 0.210. The fraction of sp³-hybridized carbons (Fsp3) is 0.400. The molecule has 2 aromatic rings. The van der Waals surface area contributed by atoms with Crippen LogP contribution in [0.1, 0.15) is 17.3 Å². The zero-order valence-electron chi connectivity index (χ0n) is 12.2. The second-order valence-electron chi connectivity index (χ2n) is 5.35. The monoisotopic (exact) mass is 325 g/mol. The third kappa shape index (κ3) is 2.78. The van der Waals surface area contributed by atoms with Gasteiger partial charge in [0, 0.05) is 42.9 Å². The van der Waals surface area contributed by atoms with Crippen LogP contribution in [0.5, 0.6) is 5.75 Å². The quantitative estimate of drug-likeness (QED) is 0.850. The Labute approximate surface area is 132 Å². The molecule has 0 spiro atoms. The Hall–Kier alpha value is -1.73. The van der Waals surface area contributed by atoms with Gasteiger partial charge in [0.25, 0.3) is 0 Å². The maximum atomic E-state index is 13.7. The third-order valence-corrected chi connectivity index (χ3v) is 4.16. The molecule has 0 bridgehead atoms. The second kappa shape index (κ2) is 6.18. The van der Waals surface area contributed by atoms with Crippen molar-refractivity contribution in [1.29, 1.82) is 0 Å². The summed E-state index contributed by atoms with van der Waals surface area (Å²) in [6.07, 6.45) is 3.18. The van der Waals surface area contributed by atoms with Crippen molar-refractivity contribution in [3.05, 3.63) is 46.0 Å². The van der Waals surface area contributed by atoms with Gasteiger partial charge in [-0.15, -0.1) is 0 Å². The van der Waals surface area contributed by atoms with E-state index in [1.807, 2.05) is 17.8 Å². The second-order valence-corrected chi connectivity index (χ2v) is 5.74. The predicted octanol–water partition coefficient (Wildman–Crippen LogP) is 2.76. The lowest BCUT2D eigenvalue weighted by atomic mass is 10.0. The lowest BCUT2D eigenvalue weighted by Gasteiger charge is -2.28. The summed E-state index contributed by atoms with van der Waals surface area (Å²) in [4.78, 5) is 3.04. The van der Waals surface area contributed by atoms with Crippen LogP contribution in [0.15, 0.2) is 18.3 Å². The molecule has 3 rings (SSSR count). The van der Waals surface area contributed by atoms with Crippen molar-refractivity contribution in [1.82, 2.24) is 14.9 Å². The highest BCUT2D eigenvalue weighted by Crippen LogP contribution is 2.33. The number of rotatable bonds is 4. The van der Waals surface area contributed by atoms with E-state index >= 15 is 0 Å². The van der Waals surface area contributed by atoms with Crippen LogP contribution in [0.4, 0.5) is 8.78 Å². The van der Waals surface area contributed by atoms with Crippen molar-refractivity contribution in [3.63, 3.8) is 0 Å². The number of hydrogen-bond donors (Lipinski definition) is 2. The Kier molecular flexibility index (Phi) is 4.26. The number of imidazole rings is 1. The summed E-state index contributed by atoms with van der Waals surface area (Å²) in [5.41, 5.74) is 1.59. The lowest BCUT2D eigenvalue weighted by Crippen LogP contribution is -2.27. The van der Waals surface area contributed by atoms with Gasteiger partial charge in [0.1, 0.15) is 12.4 Å². The van der Waals surface area contributed by atoms with E-state index in [1.165, 1.54) is 6.07 Å². The topological polar surface area (TPSA) is 42.0 Å². The minimum absolute atomic E-state index is 0.0701. The highest BCUT2D eigenvalue weighted by Gasteiger charge is 2.26. The van der Waals surface area contributed by atoms with Gasteiger partial charge in [0.15, 0.2) is 16.3 Å². The number of hydrogen-bond acceptors (Lipinski definition) is 3. The standard InChI is InChI=1S/C15H17F2N3OS/c1-18-3-2-11-7-19-15(22)20(11)12-5-9-4-10(16)6-13(17)14(9)21-8-12/h4,6-7,12,18H,2-3,5,8H2,1H3,(H,19,22)/t12-/m0/s1. The minimum Gasteiger partial charge on any atom is -0.488 e. The summed E-state index contributed by atoms with van der Waals surface area (Å²) in [6.45, 7) is 1.13. The molecule has 1 aliphatic heterocycles. The molecule has 0 aliphatic carbocycles. The molecule has 1 aromatic carbocycles. The summed E-state index contributed by atoms with van der Waals surface area (Å²) in [6, 6.07) is 2.10. The summed E-state index contributed by atoms with van der Waals surface area (Å²) in [7, 11) is 1.89. The van der Waals surface area contributed by atoms with Gasteiger partial charge in [-0.3, -0.25) is 0 Å². The van der Waals surface area contributed by atoms with Crippen molar-refractivity contribution >= 4 is 12.2 Å². The molecular formula is C15H17F2N3OS. The van der Waals surface area contributed by atoms with E-state index in [-0.39, 0.29) is 11.8 Å². The summed E-state index contributed by atoms with van der Waals surface area (Å²) < 4.78 is 35.2. The van der Waals surface area contributed by atoms with Gasteiger partial charge in [-0.05, 0) is 25.3 Å². The molecule has 2 heterocycles. The van der Waals surface area contributed by atoms with Crippen LogP contribution >= 0.6 is 12.2 Å². The third-order valence-electron chi connectivity index (χ3n) is 3.85. The number of benzene rings is 1. The molecule has 22 heavy (non-hydrogen) atoms. The van der Waals surface area contributed by atoms with Crippen LogP contribution in [0.3, 0.4) is 0 Å². The highest BCUT2D eigenvalue weighted by atomic mass is 32.1. The highest BCUT2D eigenvalue weighted by molar-refractivity contribution is 7.71. The van der Waals surface area contributed by atoms with E-state index in [0.29, 0.717) is 23.4 Å². The van der Waals surface area contributed by atoms with Crippen molar-refractivity contribution in [2.24, 2.45) is 0 Å². The van der Waals surface area contributed by atoms with E-state index in [9.17, 15) is 8.78 Å². The molecule has 0 radical (unpaired) electrons. The average molecular weight is 325 g/mol. The number of fused-ring (bicyclic) bond motifs is 1. The van der Waals surface area contributed by atoms with E-state index in [0.717, 1.165) is 24.7 Å². The van der Waals surface area contributed by atoms with Gasteiger partial charge >= 0.3 is 0 Å². The number of aromatic amines is 1. The number of H-pyrrole nitrogens is 1. The molecule has 4 nitrogen and oxygen atoms in total. The van der Waals surface area contributed by atoms with Crippen LogP contribution < -0.4 is 10.1 Å². The molecular weight excluding hydrogens is 308 g/mol. The Morgan fingerprint density at radius 1 is 1.45 bits per heavy atom. The molecule has 7 heteroatoms. The summed E-state index contributed by atoms with van der Waals surface area (Å²) >= 11 is 5.34. The Bertz CT molecular complexity index is 741. The molecule has 118 valence electrons. The molecule has 1 aromatic heterocycles. The van der Waals surface area contributed by atoms with Gasteiger partial charge in [-0.1, -0.05) is 0 Å². The van der Waals surface area contributed by atoms with Gasteiger partial charge in [0.05, 0.1) is 6.04 Å². The SMILES string of the molecule is CNCCc1c[nH]c(=S)n1[C@@H]1COc2c(F)cc(F)cc2C1. The first kappa shape index (κ1) is 15.2. The Balaban J connectivity index is 1.92. The first-order valence-electron chi connectivity index (χ1n) is 7.14. The molecule has 1 aliphatic rings. The maximum Gasteiger partial charge on any atom is 0.177 e. The van der Waals surface area contributed by atoms with E-state index < -0.39 is 11.6 Å². The molecule has 0 amide bonds. The van der Waals surface area contributed by atoms with Gasteiger partial charge < -0.3 is 19.6 Å². The van der Waals surface area contributed by atoms with Crippen molar-refractivity contribution in [2.45, 2.75) is 18.9 Å². The van der Waals surface area contributed by atoms with Crippen molar-refractivity contribution < 1.29 is 13.5 Å². The van der Waals surface area contributed by atoms with Crippen molar-refractivity contribution in [2.75, 3.05) is 20.2 Å². The molecule has 0 saturated heterocycles. The molecule has 1 atom stereocenters. The number of halogens is 2. The van der Waals surface area contributed by atoms with Crippen LogP contribution in [0.2, 0.25) is 0 Å². The largest absolute Gasteiger partial charge is 0.488 e. The van der Waals surface area contributed by atoms with E-state index in [4.69, 9.17) is 17.0 Å². The molecule has 2 N–H and O–H groups in total. The molecule has 0 fully saturated rings. The van der Waals surface area contributed by atoms with Crippen molar-refractivity contribution in [3.8, 4) is 5.75 Å². The van der Waals surface area contributed by atoms with Crippen LogP contribution in [-0.2, 0) is 12.8 Å². The Morgan fingerprint density at radius 2 is 2.27 bits per heavy atom.